The van der Waals surface area contributed by atoms with Gasteiger partial charge >= 0.3 is 0 Å². The molecule has 1 aromatic rings. The molecular formula is C13H20N2O. The summed E-state index contributed by atoms with van der Waals surface area (Å²) in [4.78, 5) is 2.13. The topological polar surface area (TPSA) is 49.5 Å². The van der Waals surface area contributed by atoms with E-state index in [1.54, 1.807) is 0 Å². The van der Waals surface area contributed by atoms with Gasteiger partial charge in [-0.05, 0) is 5.56 Å². The fourth-order valence-corrected chi connectivity index (χ4v) is 1.84. The van der Waals surface area contributed by atoms with Gasteiger partial charge in [-0.1, -0.05) is 36.4 Å². The van der Waals surface area contributed by atoms with Crippen molar-refractivity contribution < 1.29 is 5.11 Å². The molecule has 0 amide bonds. The summed E-state index contributed by atoms with van der Waals surface area (Å²) < 4.78 is 0. The minimum atomic E-state index is 0.136. The molecule has 16 heavy (non-hydrogen) atoms. The lowest BCUT2D eigenvalue weighted by atomic mass is 10.1. The number of aliphatic hydroxyl groups excluding tert-OH is 1. The van der Waals surface area contributed by atoms with Crippen LogP contribution < -0.4 is 5.73 Å². The van der Waals surface area contributed by atoms with Crippen LogP contribution in [0.15, 0.2) is 43.0 Å². The molecule has 0 aliphatic heterocycles. The molecule has 1 atom stereocenters. The third-order valence-electron chi connectivity index (χ3n) is 2.60. The van der Waals surface area contributed by atoms with Gasteiger partial charge in [0.1, 0.15) is 0 Å². The van der Waals surface area contributed by atoms with Crippen molar-refractivity contribution >= 4 is 0 Å². The molecule has 3 nitrogen and oxygen atoms in total. The van der Waals surface area contributed by atoms with Crippen LogP contribution in [0.25, 0.3) is 0 Å². The standard InChI is InChI=1S/C13H20N2O/c1-2-8-15(9-10-16)13(11-14)12-6-4-3-5-7-12/h2-7,13,16H,1,8-11,14H2. The Kier molecular flexibility index (Phi) is 5.78. The van der Waals surface area contributed by atoms with Crippen LogP contribution in [0.4, 0.5) is 0 Å². The molecule has 0 aliphatic rings. The van der Waals surface area contributed by atoms with E-state index in [-0.39, 0.29) is 12.6 Å². The first-order valence-corrected chi connectivity index (χ1v) is 5.54. The van der Waals surface area contributed by atoms with Gasteiger partial charge in [0.2, 0.25) is 0 Å². The maximum Gasteiger partial charge on any atom is 0.0558 e. The van der Waals surface area contributed by atoms with Crippen molar-refractivity contribution in [2.24, 2.45) is 5.73 Å². The van der Waals surface area contributed by atoms with Crippen molar-refractivity contribution in [1.29, 1.82) is 0 Å². The average molecular weight is 220 g/mol. The van der Waals surface area contributed by atoms with Crippen molar-refractivity contribution in [1.82, 2.24) is 4.90 Å². The van der Waals surface area contributed by atoms with Crippen LogP contribution in [0.2, 0.25) is 0 Å². The van der Waals surface area contributed by atoms with Crippen LogP contribution in [-0.4, -0.2) is 36.2 Å². The summed E-state index contributed by atoms with van der Waals surface area (Å²) in [5.41, 5.74) is 6.99. The molecule has 1 unspecified atom stereocenters. The summed E-state index contributed by atoms with van der Waals surface area (Å²) in [5.74, 6) is 0. The maximum atomic E-state index is 9.04. The minimum Gasteiger partial charge on any atom is -0.395 e. The van der Waals surface area contributed by atoms with Crippen LogP contribution >= 0.6 is 0 Å². The minimum absolute atomic E-state index is 0.136. The quantitative estimate of drug-likeness (QED) is 0.678. The molecule has 0 aromatic heterocycles. The number of nitrogens with zero attached hydrogens (tertiary/aromatic N) is 1. The highest BCUT2D eigenvalue weighted by molar-refractivity contribution is 5.19. The number of hydrogen-bond donors (Lipinski definition) is 2. The highest BCUT2D eigenvalue weighted by Gasteiger charge is 2.16. The highest BCUT2D eigenvalue weighted by atomic mass is 16.3. The van der Waals surface area contributed by atoms with Gasteiger partial charge < -0.3 is 10.8 Å². The first-order chi connectivity index (χ1) is 7.83. The molecule has 1 aromatic carbocycles. The first-order valence-electron chi connectivity index (χ1n) is 5.54. The van der Waals surface area contributed by atoms with Crippen LogP contribution in [-0.2, 0) is 0 Å². The largest absolute Gasteiger partial charge is 0.395 e. The molecule has 88 valence electrons. The lowest BCUT2D eigenvalue weighted by Gasteiger charge is -2.29. The number of hydrogen-bond acceptors (Lipinski definition) is 3. The second kappa shape index (κ2) is 7.17. The van der Waals surface area contributed by atoms with Crippen LogP contribution in [0.1, 0.15) is 11.6 Å². The van der Waals surface area contributed by atoms with Crippen LogP contribution in [0.5, 0.6) is 0 Å². The predicted molar refractivity (Wildman–Crippen MR) is 67.1 cm³/mol. The Morgan fingerprint density at radius 2 is 2.06 bits per heavy atom. The lowest BCUT2D eigenvalue weighted by molar-refractivity contribution is 0.167. The second-order valence-electron chi connectivity index (χ2n) is 3.67. The van der Waals surface area contributed by atoms with Gasteiger partial charge in [0.15, 0.2) is 0 Å². The predicted octanol–water partition coefficient (Wildman–Crippen LogP) is 1.17. The zero-order valence-electron chi connectivity index (χ0n) is 9.55. The van der Waals surface area contributed by atoms with Gasteiger partial charge in [0.05, 0.1) is 6.61 Å². The lowest BCUT2D eigenvalue weighted by Crippen LogP contribution is -2.35. The van der Waals surface area contributed by atoms with E-state index in [9.17, 15) is 0 Å². The Morgan fingerprint density at radius 1 is 1.38 bits per heavy atom. The number of aliphatic hydroxyl groups is 1. The number of nitrogens with two attached hydrogens (primary N) is 1. The van der Waals surface area contributed by atoms with Crippen molar-refractivity contribution in [2.45, 2.75) is 6.04 Å². The van der Waals surface area contributed by atoms with Gasteiger partial charge in [0, 0.05) is 25.7 Å². The van der Waals surface area contributed by atoms with Gasteiger partial charge in [-0.3, -0.25) is 4.90 Å². The average Bonchev–Trinajstić information content (AvgIpc) is 2.32. The van der Waals surface area contributed by atoms with E-state index in [1.807, 2.05) is 24.3 Å². The Morgan fingerprint density at radius 3 is 2.56 bits per heavy atom. The van der Waals surface area contributed by atoms with E-state index in [4.69, 9.17) is 10.8 Å². The van der Waals surface area contributed by atoms with Crippen molar-refractivity contribution in [2.75, 3.05) is 26.2 Å². The monoisotopic (exact) mass is 220 g/mol. The second-order valence-corrected chi connectivity index (χ2v) is 3.67. The molecule has 1 rings (SSSR count). The van der Waals surface area contributed by atoms with Crippen molar-refractivity contribution in [3.05, 3.63) is 48.6 Å². The molecule has 0 saturated heterocycles. The molecule has 0 spiro atoms. The fourth-order valence-electron chi connectivity index (χ4n) is 1.84. The molecule has 0 heterocycles. The Bertz CT molecular complexity index is 300. The highest BCUT2D eigenvalue weighted by Crippen LogP contribution is 2.18. The van der Waals surface area contributed by atoms with Crippen molar-refractivity contribution in [3.8, 4) is 0 Å². The summed E-state index contributed by atoms with van der Waals surface area (Å²) in [5, 5.41) is 9.04. The third kappa shape index (κ3) is 3.45. The number of rotatable bonds is 7. The summed E-state index contributed by atoms with van der Waals surface area (Å²) in [6.45, 7) is 5.75. The Labute approximate surface area is 97.2 Å². The maximum absolute atomic E-state index is 9.04. The normalized spacial score (nSPS) is 12.7. The number of benzene rings is 1. The summed E-state index contributed by atoms with van der Waals surface area (Å²) in [7, 11) is 0. The van der Waals surface area contributed by atoms with E-state index in [1.165, 1.54) is 5.56 Å². The smallest absolute Gasteiger partial charge is 0.0558 e. The van der Waals surface area contributed by atoms with Gasteiger partial charge in [0.25, 0.3) is 0 Å². The summed E-state index contributed by atoms with van der Waals surface area (Å²) in [6, 6.07) is 10.3. The third-order valence-corrected chi connectivity index (χ3v) is 2.60. The van der Waals surface area contributed by atoms with Gasteiger partial charge in [-0.15, -0.1) is 6.58 Å². The molecule has 0 aliphatic carbocycles. The molecule has 0 fully saturated rings. The SMILES string of the molecule is C=CCN(CCO)C(CN)c1ccccc1. The molecule has 0 saturated carbocycles. The van der Waals surface area contributed by atoms with E-state index in [2.05, 4.69) is 23.6 Å². The zero-order chi connectivity index (χ0) is 11.8. The molecule has 3 heteroatoms. The van der Waals surface area contributed by atoms with E-state index < -0.39 is 0 Å². The zero-order valence-corrected chi connectivity index (χ0v) is 9.55. The van der Waals surface area contributed by atoms with E-state index in [0.717, 1.165) is 6.54 Å². The first kappa shape index (κ1) is 12.9. The summed E-state index contributed by atoms with van der Waals surface area (Å²) >= 11 is 0. The molecular weight excluding hydrogens is 200 g/mol. The summed E-state index contributed by atoms with van der Waals surface area (Å²) in [6.07, 6.45) is 1.83. The van der Waals surface area contributed by atoms with E-state index >= 15 is 0 Å². The molecule has 0 radical (unpaired) electrons. The van der Waals surface area contributed by atoms with Crippen molar-refractivity contribution in [3.63, 3.8) is 0 Å². The van der Waals surface area contributed by atoms with Crippen LogP contribution in [0.3, 0.4) is 0 Å². The van der Waals surface area contributed by atoms with Gasteiger partial charge in [-0.25, -0.2) is 0 Å². The Hall–Kier alpha value is -1.16. The molecule has 3 N–H and O–H groups in total. The van der Waals surface area contributed by atoms with E-state index in [0.29, 0.717) is 13.1 Å². The van der Waals surface area contributed by atoms with Crippen LogP contribution in [0, 0.1) is 0 Å². The Balaban J connectivity index is 2.81. The fraction of sp³-hybridized carbons (Fsp3) is 0.385. The molecule has 0 bridgehead atoms. The van der Waals surface area contributed by atoms with Gasteiger partial charge in [-0.2, -0.15) is 0 Å².